The Hall–Kier alpha value is -1.49. The van der Waals surface area contributed by atoms with Gasteiger partial charge >= 0.3 is 0 Å². The van der Waals surface area contributed by atoms with Crippen LogP contribution in [0.1, 0.15) is 25.3 Å². The maximum absolute atomic E-state index is 11.3. The van der Waals surface area contributed by atoms with Crippen LogP contribution in [0.3, 0.4) is 0 Å². The van der Waals surface area contributed by atoms with Crippen LogP contribution in [-0.4, -0.2) is 17.8 Å². The Morgan fingerprint density at radius 2 is 2.05 bits per heavy atom. The van der Waals surface area contributed by atoms with Crippen LogP contribution in [0.25, 0.3) is 0 Å². The number of rotatable bonds is 6. The van der Waals surface area contributed by atoms with Gasteiger partial charge in [0, 0.05) is 15.3 Å². The Morgan fingerprint density at radius 3 is 2.53 bits per heavy atom. The average molecular weight is 326 g/mol. The first-order valence-corrected chi connectivity index (χ1v) is 6.71. The van der Waals surface area contributed by atoms with Crippen LogP contribution < -0.4 is 0 Å². The van der Waals surface area contributed by atoms with Crippen molar-refractivity contribution in [2.45, 2.75) is 19.8 Å². The Kier molecular flexibility index (Phi) is 5.89. The Morgan fingerprint density at radius 1 is 1.42 bits per heavy atom. The number of nitrogens with zero attached hydrogens (tertiary/aromatic N) is 1. The lowest BCUT2D eigenvalue weighted by Gasteiger charge is -2.19. The van der Waals surface area contributed by atoms with Crippen molar-refractivity contribution in [3.05, 3.63) is 56.1 Å². The molecule has 0 aliphatic rings. The number of benzene rings is 1. The first kappa shape index (κ1) is 15.6. The van der Waals surface area contributed by atoms with E-state index in [0.717, 1.165) is 21.9 Å². The van der Waals surface area contributed by atoms with Gasteiger partial charge in [-0.25, -0.2) is 0 Å². The van der Waals surface area contributed by atoms with E-state index in [0.29, 0.717) is 0 Å². The lowest BCUT2D eigenvalue weighted by atomic mass is 9.86. The molecule has 0 saturated carbocycles. The summed E-state index contributed by atoms with van der Waals surface area (Å²) in [7, 11) is 0. The maximum atomic E-state index is 11.3. The zero-order valence-corrected chi connectivity index (χ0v) is 12.5. The van der Waals surface area contributed by atoms with Crippen molar-refractivity contribution >= 4 is 22.2 Å². The van der Waals surface area contributed by atoms with Gasteiger partial charge in [0.05, 0.1) is 5.92 Å². The number of carbonyl (C=O) groups excluding carboxylic acids is 1. The van der Waals surface area contributed by atoms with E-state index in [1.807, 2.05) is 38.1 Å². The third kappa shape index (κ3) is 4.59. The summed E-state index contributed by atoms with van der Waals surface area (Å²) in [4.78, 5) is 21.7. The van der Waals surface area contributed by atoms with Crippen molar-refractivity contribution in [3.63, 3.8) is 0 Å². The highest BCUT2D eigenvalue weighted by molar-refractivity contribution is 9.10. The molecule has 0 bridgehead atoms. The van der Waals surface area contributed by atoms with Gasteiger partial charge in [-0.2, -0.15) is 0 Å². The van der Waals surface area contributed by atoms with Gasteiger partial charge in [-0.3, -0.25) is 10.1 Å². The smallest absolute Gasteiger partial charge is 0.211 e. The van der Waals surface area contributed by atoms with Crippen LogP contribution in [0.15, 0.2) is 40.4 Å². The molecule has 0 spiro atoms. The fraction of sp³-hybridized carbons (Fsp3) is 0.357. The highest BCUT2D eigenvalue weighted by Gasteiger charge is 2.27. The van der Waals surface area contributed by atoms with Crippen molar-refractivity contribution in [1.29, 1.82) is 0 Å². The number of carbonyl (C=O) groups is 1. The van der Waals surface area contributed by atoms with E-state index >= 15 is 0 Å². The molecule has 2 atom stereocenters. The topological polar surface area (TPSA) is 60.2 Å². The summed E-state index contributed by atoms with van der Waals surface area (Å²) in [5.74, 6) is -0.952. The van der Waals surface area contributed by atoms with Crippen LogP contribution in [0.4, 0.5) is 0 Å². The summed E-state index contributed by atoms with van der Waals surface area (Å²) in [6, 6.07) is 7.30. The fourth-order valence-corrected chi connectivity index (χ4v) is 2.58. The van der Waals surface area contributed by atoms with Crippen LogP contribution in [-0.2, 0) is 4.79 Å². The second-order valence-corrected chi connectivity index (χ2v) is 5.46. The van der Waals surface area contributed by atoms with E-state index in [1.165, 1.54) is 0 Å². The molecule has 19 heavy (non-hydrogen) atoms. The molecule has 1 aromatic carbocycles. The van der Waals surface area contributed by atoms with E-state index in [9.17, 15) is 14.9 Å². The molecule has 0 aromatic heterocycles. The Bertz CT molecular complexity index is 495. The van der Waals surface area contributed by atoms with Gasteiger partial charge in [-0.15, -0.1) is 0 Å². The lowest BCUT2D eigenvalue weighted by Crippen LogP contribution is -2.21. The molecule has 0 aliphatic heterocycles. The first-order valence-electron chi connectivity index (χ1n) is 5.92. The predicted octanol–water partition coefficient (Wildman–Crippen LogP) is 3.59. The largest absolute Gasteiger partial charge is 0.303 e. The number of nitro groups is 1. The second-order valence-electron chi connectivity index (χ2n) is 4.60. The van der Waals surface area contributed by atoms with Gasteiger partial charge in [-0.05, 0) is 25.5 Å². The normalized spacial score (nSPS) is 13.4. The molecule has 5 heteroatoms. The maximum Gasteiger partial charge on any atom is 0.211 e. The Labute approximate surface area is 120 Å². The number of aldehydes is 1. The van der Waals surface area contributed by atoms with Crippen molar-refractivity contribution in [1.82, 2.24) is 0 Å². The van der Waals surface area contributed by atoms with Gasteiger partial charge in [0.25, 0.3) is 0 Å². The number of hydrogen-bond donors (Lipinski definition) is 0. The van der Waals surface area contributed by atoms with E-state index in [1.54, 1.807) is 6.08 Å². The molecule has 0 radical (unpaired) electrons. The van der Waals surface area contributed by atoms with Gasteiger partial charge in [0.1, 0.15) is 6.29 Å². The van der Waals surface area contributed by atoms with Crippen LogP contribution >= 0.6 is 15.9 Å². The minimum atomic E-state index is -0.492. The van der Waals surface area contributed by atoms with Crippen molar-refractivity contribution in [2.75, 3.05) is 6.54 Å². The van der Waals surface area contributed by atoms with Crippen LogP contribution in [0.5, 0.6) is 0 Å². The number of allylic oxidation sites excluding steroid dienone is 2. The zero-order valence-electron chi connectivity index (χ0n) is 10.9. The zero-order chi connectivity index (χ0) is 14.4. The SMILES string of the molecule is CC(C)=C[C@@H](C=O)[C@H](C[N+](=O)[O-])c1ccccc1Br. The van der Waals surface area contributed by atoms with E-state index in [4.69, 9.17) is 0 Å². The van der Waals surface area contributed by atoms with Crippen molar-refractivity contribution < 1.29 is 9.72 Å². The summed E-state index contributed by atoms with van der Waals surface area (Å²) >= 11 is 3.39. The fourth-order valence-electron chi connectivity index (χ4n) is 2.00. The summed E-state index contributed by atoms with van der Waals surface area (Å²) in [5, 5.41) is 10.9. The van der Waals surface area contributed by atoms with Gasteiger partial charge < -0.3 is 4.79 Å². The van der Waals surface area contributed by atoms with Gasteiger partial charge in [0.15, 0.2) is 0 Å². The molecule has 0 heterocycles. The molecule has 102 valence electrons. The van der Waals surface area contributed by atoms with Crippen LogP contribution in [0, 0.1) is 16.0 Å². The van der Waals surface area contributed by atoms with E-state index in [-0.39, 0.29) is 11.5 Å². The summed E-state index contributed by atoms with van der Waals surface area (Å²) in [6.07, 6.45) is 2.56. The third-order valence-corrected chi connectivity index (χ3v) is 3.52. The minimum absolute atomic E-state index is 0.268. The highest BCUT2D eigenvalue weighted by atomic mass is 79.9. The quantitative estimate of drug-likeness (QED) is 0.347. The first-order chi connectivity index (χ1) is 8.95. The Balaban J connectivity index is 3.21. The standard InChI is InChI=1S/C14H16BrNO3/c1-10(2)7-11(9-17)13(8-16(18)19)12-5-3-4-6-14(12)15/h3-7,9,11,13H,8H2,1-2H3/t11-,13-/m0/s1. The number of halogens is 1. The van der Waals surface area contributed by atoms with E-state index in [2.05, 4.69) is 15.9 Å². The molecule has 1 aromatic rings. The molecule has 0 aliphatic carbocycles. The summed E-state index contributed by atoms with van der Waals surface area (Å²) < 4.78 is 0.788. The molecule has 0 unspecified atom stereocenters. The van der Waals surface area contributed by atoms with Gasteiger partial charge in [-0.1, -0.05) is 45.8 Å². The number of hydrogen-bond acceptors (Lipinski definition) is 3. The third-order valence-electron chi connectivity index (χ3n) is 2.80. The van der Waals surface area contributed by atoms with E-state index < -0.39 is 11.8 Å². The van der Waals surface area contributed by atoms with Gasteiger partial charge in [0.2, 0.25) is 6.54 Å². The average Bonchev–Trinajstić information content (AvgIpc) is 2.34. The molecular weight excluding hydrogens is 310 g/mol. The monoisotopic (exact) mass is 325 g/mol. The molecule has 4 nitrogen and oxygen atoms in total. The highest BCUT2D eigenvalue weighted by Crippen LogP contribution is 2.31. The molecule has 1 rings (SSSR count). The molecule has 0 saturated heterocycles. The minimum Gasteiger partial charge on any atom is -0.303 e. The lowest BCUT2D eigenvalue weighted by molar-refractivity contribution is -0.484. The predicted molar refractivity (Wildman–Crippen MR) is 77.7 cm³/mol. The van der Waals surface area contributed by atoms with Crippen LogP contribution in [0.2, 0.25) is 0 Å². The van der Waals surface area contributed by atoms with Crippen molar-refractivity contribution in [2.24, 2.45) is 5.92 Å². The molecule has 0 fully saturated rings. The summed E-state index contributed by atoms with van der Waals surface area (Å²) in [6.45, 7) is 3.48. The van der Waals surface area contributed by atoms with Crippen molar-refractivity contribution in [3.8, 4) is 0 Å². The second kappa shape index (κ2) is 7.19. The molecule has 0 N–H and O–H groups in total. The molecule has 0 amide bonds. The summed E-state index contributed by atoms with van der Waals surface area (Å²) in [5.41, 5.74) is 1.76. The molecular formula is C14H16BrNO3.